The summed E-state index contributed by atoms with van der Waals surface area (Å²) in [6.45, 7) is 2.41. The summed E-state index contributed by atoms with van der Waals surface area (Å²) in [5, 5.41) is 49.1. The number of hydrogen-bond acceptors (Lipinski definition) is 9. The third kappa shape index (κ3) is 14.9. The fraction of sp³-hybridized carbons (Fsp3) is 0.727. The molecule has 2 aliphatic rings. The monoisotopic (exact) mass is 725 g/mol. The molecule has 286 valence electrons. The first-order valence-corrected chi connectivity index (χ1v) is 17.3. The van der Waals surface area contributed by atoms with Crippen LogP contribution in [0.3, 0.4) is 0 Å². The molecule has 0 aliphatic heterocycles. The molecule has 6 atom stereocenters. The van der Waals surface area contributed by atoms with Gasteiger partial charge in [0.05, 0.1) is 0 Å². The van der Waals surface area contributed by atoms with E-state index < -0.39 is 90.8 Å². The zero-order valence-electron chi connectivity index (χ0n) is 29.0. The van der Waals surface area contributed by atoms with Gasteiger partial charge < -0.3 is 47.0 Å². The highest BCUT2D eigenvalue weighted by molar-refractivity contribution is 5.92. The molecule has 2 aliphatic carbocycles. The van der Waals surface area contributed by atoms with E-state index in [1.54, 1.807) is 0 Å². The Kier molecular flexibility index (Phi) is 17.3. The van der Waals surface area contributed by atoms with E-state index in [-0.39, 0.29) is 55.3 Å². The van der Waals surface area contributed by atoms with Gasteiger partial charge in [-0.3, -0.25) is 38.4 Å². The highest BCUT2D eigenvalue weighted by atomic mass is 16.4. The summed E-state index contributed by atoms with van der Waals surface area (Å²) in [5.41, 5.74) is 0. The predicted molar refractivity (Wildman–Crippen MR) is 177 cm³/mol. The van der Waals surface area contributed by atoms with Crippen molar-refractivity contribution in [3.63, 3.8) is 0 Å². The van der Waals surface area contributed by atoms with Gasteiger partial charge in [-0.15, -0.1) is 0 Å². The Morgan fingerprint density at radius 2 is 1.18 bits per heavy atom. The minimum absolute atomic E-state index is 0.0912. The Morgan fingerprint density at radius 3 is 1.69 bits per heavy atom. The third-order valence-corrected chi connectivity index (χ3v) is 9.88. The molecular formula is C33H51N5O13. The highest BCUT2D eigenvalue weighted by Gasteiger charge is 2.39. The first-order valence-electron chi connectivity index (χ1n) is 17.3. The van der Waals surface area contributed by atoms with Crippen LogP contribution in [0.4, 0.5) is 0 Å². The average molecular weight is 726 g/mol. The van der Waals surface area contributed by atoms with E-state index in [4.69, 9.17) is 15.3 Å². The van der Waals surface area contributed by atoms with Gasteiger partial charge in [0.1, 0.15) is 18.1 Å². The van der Waals surface area contributed by atoms with Gasteiger partial charge in [0.15, 0.2) is 0 Å². The van der Waals surface area contributed by atoms with E-state index >= 15 is 0 Å². The lowest BCUT2D eigenvalue weighted by Crippen LogP contribution is -2.53. The standard InChI is InChI=1S/C33H51N5O13/c1-17-20(13-21(17)15-29(45)46)14-26(40)35-16-18-3-5-19(6-4-18)30(47)38-24(33(50)51)7-10-25(39)36-23(9-12-28(43)44)32(49)37-22(31(48)34-2)8-11-27(41)42/h17-24H,3-16H2,1-2H3,(H,34,48)(H,35,40)(H,36,39)(H,37,49)(H,38,47)(H,41,42)(H,43,44)(H,45,46)(H,50,51)/t17?,18-,19-,20?,21?,22-,23-,24?/m0/s1. The second-order valence-corrected chi connectivity index (χ2v) is 13.5. The lowest BCUT2D eigenvalue weighted by molar-refractivity contribution is -0.143. The summed E-state index contributed by atoms with van der Waals surface area (Å²) in [6, 6.07) is -4.13. The quantitative estimate of drug-likeness (QED) is 0.0702. The summed E-state index contributed by atoms with van der Waals surface area (Å²) in [7, 11) is 1.28. The molecule has 0 bridgehead atoms. The zero-order chi connectivity index (χ0) is 38.2. The number of carbonyl (C=O) groups is 9. The lowest BCUT2D eigenvalue weighted by atomic mass is 9.63. The Balaban J connectivity index is 1.82. The molecule has 0 aromatic heterocycles. The van der Waals surface area contributed by atoms with Crippen LogP contribution < -0.4 is 26.6 Å². The molecule has 51 heavy (non-hydrogen) atoms. The maximum atomic E-state index is 12.9. The maximum absolute atomic E-state index is 12.9. The summed E-state index contributed by atoms with van der Waals surface area (Å²) >= 11 is 0. The van der Waals surface area contributed by atoms with Crippen molar-refractivity contribution >= 4 is 53.4 Å². The molecule has 18 nitrogen and oxygen atoms in total. The number of aliphatic carboxylic acids is 4. The molecule has 0 aromatic rings. The topological polar surface area (TPSA) is 295 Å². The minimum atomic E-state index is -1.43. The van der Waals surface area contributed by atoms with Gasteiger partial charge in [-0.05, 0) is 75.0 Å². The van der Waals surface area contributed by atoms with Crippen molar-refractivity contribution in [3.05, 3.63) is 0 Å². The van der Waals surface area contributed by atoms with Gasteiger partial charge >= 0.3 is 23.9 Å². The largest absolute Gasteiger partial charge is 0.481 e. The van der Waals surface area contributed by atoms with E-state index in [1.165, 1.54) is 7.05 Å². The Bertz CT molecular complexity index is 1300. The number of likely N-dealkylation sites (N-methyl/N-ethyl adjacent to an activating group) is 1. The first kappa shape index (κ1) is 42.4. The van der Waals surface area contributed by atoms with Crippen LogP contribution in [-0.2, 0) is 43.2 Å². The van der Waals surface area contributed by atoms with Crippen molar-refractivity contribution in [1.29, 1.82) is 0 Å². The normalized spacial score (nSPS) is 22.8. The Morgan fingerprint density at radius 1 is 0.627 bits per heavy atom. The van der Waals surface area contributed by atoms with Crippen molar-refractivity contribution < 1.29 is 63.6 Å². The molecule has 4 unspecified atom stereocenters. The molecule has 0 aromatic carbocycles. The van der Waals surface area contributed by atoms with Gasteiger partial charge in [0, 0.05) is 51.6 Å². The van der Waals surface area contributed by atoms with Crippen LogP contribution in [0.15, 0.2) is 0 Å². The van der Waals surface area contributed by atoms with Gasteiger partial charge in [0.2, 0.25) is 29.5 Å². The maximum Gasteiger partial charge on any atom is 0.326 e. The molecule has 9 N–H and O–H groups in total. The summed E-state index contributed by atoms with van der Waals surface area (Å²) in [5.74, 6) is -7.61. The van der Waals surface area contributed by atoms with Gasteiger partial charge in [-0.1, -0.05) is 6.92 Å². The van der Waals surface area contributed by atoms with Crippen LogP contribution in [0.2, 0.25) is 0 Å². The Hall–Kier alpha value is -4.77. The SMILES string of the molecule is CNC(=O)[C@H](CCC(=O)O)NC(=O)[C@H](CCC(=O)O)NC(=O)CCC(NC(=O)[C@H]1CC[C@H](CNC(=O)CC2CC(CC(=O)O)C2C)CC1)C(=O)O. The van der Waals surface area contributed by atoms with E-state index in [9.17, 15) is 48.3 Å². The van der Waals surface area contributed by atoms with Crippen molar-refractivity contribution in [2.75, 3.05) is 13.6 Å². The molecule has 5 amide bonds. The number of carboxylic acid groups (broad SMARTS) is 4. The van der Waals surface area contributed by atoms with Crippen LogP contribution in [-0.4, -0.2) is 106 Å². The number of amides is 5. The smallest absolute Gasteiger partial charge is 0.326 e. The van der Waals surface area contributed by atoms with Crippen molar-refractivity contribution in [3.8, 4) is 0 Å². The van der Waals surface area contributed by atoms with Crippen LogP contribution in [0.5, 0.6) is 0 Å². The second-order valence-electron chi connectivity index (χ2n) is 13.5. The number of carboxylic acids is 4. The molecular weight excluding hydrogens is 674 g/mol. The van der Waals surface area contributed by atoms with E-state index in [2.05, 4.69) is 26.6 Å². The minimum Gasteiger partial charge on any atom is -0.481 e. The lowest BCUT2D eigenvalue weighted by Gasteiger charge is -2.42. The number of hydrogen-bond donors (Lipinski definition) is 9. The molecule has 2 saturated carbocycles. The number of nitrogens with one attached hydrogen (secondary N) is 5. The molecule has 2 fully saturated rings. The second kappa shape index (κ2) is 20.8. The Labute approximate surface area is 295 Å². The van der Waals surface area contributed by atoms with Crippen molar-refractivity contribution in [1.82, 2.24) is 26.6 Å². The van der Waals surface area contributed by atoms with E-state index in [0.717, 1.165) is 0 Å². The van der Waals surface area contributed by atoms with Crippen molar-refractivity contribution in [2.24, 2.45) is 29.6 Å². The molecule has 18 heteroatoms. The molecule has 2 rings (SSSR count). The van der Waals surface area contributed by atoms with Gasteiger partial charge in [0.25, 0.3) is 0 Å². The summed E-state index contributed by atoms with van der Waals surface area (Å²) < 4.78 is 0. The van der Waals surface area contributed by atoms with E-state index in [0.29, 0.717) is 45.1 Å². The number of carbonyl (C=O) groups excluding carboxylic acids is 5. The highest BCUT2D eigenvalue weighted by Crippen LogP contribution is 2.44. The summed E-state index contributed by atoms with van der Waals surface area (Å²) in [6.07, 6.45) is 0.977. The van der Waals surface area contributed by atoms with Crippen LogP contribution in [0.25, 0.3) is 0 Å². The fourth-order valence-corrected chi connectivity index (χ4v) is 6.58. The van der Waals surface area contributed by atoms with Crippen molar-refractivity contribution in [2.45, 2.75) is 109 Å². The third-order valence-electron chi connectivity index (χ3n) is 9.88. The molecule has 0 spiro atoms. The number of rotatable bonds is 22. The summed E-state index contributed by atoms with van der Waals surface area (Å²) in [4.78, 5) is 108. The van der Waals surface area contributed by atoms with Gasteiger partial charge in [-0.2, -0.15) is 0 Å². The molecule has 0 radical (unpaired) electrons. The van der Waals surface area contributed by atoms with Gasteiger partial charge in [-0.25, -0.2) is 4.79 Å². The van der Waals surface area contributed by atoms with E-state index in [1.807, 2.05) is 6.92 Å². The molecule has 0 saturated heterocycles. The fourth-order valence-electron chi connectivity index (χ4n) is 6.58. The average Bonchev–Trinajstić information content (AvgIpc) is 3.07. The van der Waals surface area contributed by atoms with Crippen LogP contribution >= 0.6 is 0 Å². The van der Waals surface area contributed by atoms with Crippen LogP contribution in [0, 0.1) is 29.6 Å². The predicted octanol–water partition coefficient (Wildman–Crippen LogP) is -0.159. The van der Waals surface area contributed by atoms with Crippen LogP contribution in [0.1, 0.15) is 90.4 Å². The zero-order valence-corrected chi connectivity index (χ0v) is 29.0. The molecule has 0 heterocycles. The first-order chi connectivity index (χ1) is 24.0.